The first-order chi connectivity index (χ1) is 21.3. The molecule has 0 aromatic rings. The minimum absolute atomic E-state index is 0.639. The van der Waals surface area contributed by atoms with Gasteiger partial charge in [-0.2, -0.15) is 0 Å². The average Bonchev–Trinajstić information content (AvgIpc) is 3.40. The van der Waals surface area contributed by atoms with Gasteiger partial charge in [0.05, 0.1) is 0 Å². The highest BCUT2D eigenvalue weighted by molar-refractivity contribution is 4.97. The zero-order chi connectivity index (χ0) is 30.9. The van der Waals surface area contributed by atoms with Crippen LogP contribution in [0.2, 0.25) is 0 Å². The van der Waals surface area contributed by atoms with Gasteiger partial charge in [-0.05, 0) is 25.7 Å². The van der Waals surface area contributed by atoms with Crippen molar-refractivity contribution >= 4 is 0 Å². The molecule has 1 unspecified atom stereocenters. The van der Waals surface area contributed by atoms with E-state index in [2.05, 4.69) is 43.0 Å². The van der Waals surface area contributed by atoms with Gasteiger partial charge in [0.25, 0.3) is 0 Å². The Labute approximate surface area is 273 Å². The molecule has 0 bridgehead atoms. The maximum Gasteiger partial charge on any atom is 0.101 e. The molecule has 0 saturated heterocycles. The van der Waals surface area contributed by atoms with Crippen LogP contribution in [0.4, 0.5) is 0 Å². The van der Waals surface area contributed by atoms with Crippen LogP contribution in [-0.4, -0.2) is 29.1 Å². The van der Waals surface area contributed by atoms with Crippen LogP contribution in [0, 0.1) is 0 Å². The zero-order valence-corrected chi connectivity index (χ0v) is 30.4. The van der Waals surface area contributed by atoms with Crippen molar-refractivity contribution < 1.29 is 0 Å². The predicted octanol–water partition coefficient (Wildman–Crippen LogP) is 14.3. The van der Waals surface area contributed by atoms with E-state index < -0.39 is 0 Å². The zero-order valence-electron chi connectivity index (χ0n) is 30.4. The summed E-state index contributed by atoms with van der Waals surface area (Å²) in [5, 5.41) is 0. The van der Waals surface area contributed by atoms with E-state index in [0.717, 1.165) is 0 Å². The summed E-state index contributed by atoms with van der Waals surface area (Å²) < 4.78 is 0. The molecule has 0 saturated carbocycles. The topological polar surface area (TPSA) is 6.48 Å². The number of hydrogen-bond acceptors (Lipinski definition) is 2. The molecule has 0 radical (unpaired) electrons. The van der Waals surface area contributed by atoms with Gasteiger partial charge >= 0.3 is 0 Å². The second kappa shape index (κ2) is 32.7. The lowest BCUT2D eigenvalue weighted by molar-refractivity contribution is 0.135. The van der Waals surface area contributed by atoms with Gasteiger partial charge in [0.2, 0.25) is 0 Å². The normalized spacial score (nSPS) is 14.9. The largest absolute Gasteiger partial charge is 0.356 e. The molecule has 1 heterocycles. The monoisotopic (exact) mass is 603 g/mol. The van der Waals surface area contributed by atoms with Crippen LogP contribution in [0.15, 0.2) is 12.4 Å². The van der Waals surface area contributed by atoms with Gasteiger partial charge in [0.1, 0.15) is 6.17 Å². The van der Waals surface area contributed by atoms with Gasteiger partial charge in [0, 0.05) is 25.5 Å². The van der Waals surface area contributed by atoms with Crippen LogP contribution in [0.1, 0.15) is 233 Å². The first-order valence-corrected chi connectivity index (χ1v) is 20.5. The van der Waals surface area contributed by atoms with Crippen LogP contribution >= 0.6 is 0 Å². The van der Waals surface area contributed by atoms with Gasteiger partial charge in [-0.15, -0.1) is 0 Å². The summed E-state index contributed by atoms with van der Waals surface area (Å²) >= 11 is 0. The van der Waals surface area contributed by atoms with Gasteiger partial charge in [-0.3, -0.25) is 0 Å². The molecule has 0 amide bonds. The molecule has 1 rings (SSSR count). The molecule has 0 aliphatic carbocycles. The minimum atomic E-state index is 0.639. The molecule has 1 aliphatic rings. The van der Waals surface area contributed by atoms with Gasteiger partial charge in [-0.25, -0.2) is 0 Å². The van der Waals surface area contributed by atoms with Gasteiger partial charge in [0.15, 0.2) is 0 Å². The van der Waals surface area contributed by atoms with Crippen molar-refractivity contribution in [1.29, 1.82) is 0 Å². The summed E-state index contributed by atoms with van der Waals surface area (Å²) in [6, 6.07) is 0. The quantitative estimate of drug-likeness (QED) is 0.0666. The van der Waals surface area contributed by atoms with Gasteiger partial charge in [-0.1, -0.05) is 207 Å². The van der Waals surface area contributed by atoms with Crippen molar-refractivity contribution in [3.63, 3.8) is 0 Å². The Morgan fingerprint density at radius 3 is 0.814 bits per heavy atom. The van der Waals surface area contributed by atoms with E-state index in [-0.39, 0.29) is 0 Å². The van der Waals surface area contributed by atoms with E-state index in [1.165, 1.54) is 225 Å². The molecular formula is C41H82N2. The molecular weight excluding hydrogens is 520 g/mol. The maximum absolute atomic E-state index is 2.72. The van der Waals surface area contributed by atoms with Crippen molar-refractivity contribution in [2.24, 2.45) is 0 Å². The Hall–Kier alpha value is -0.660. The third-order valence-electron chi connectivity index (χ3n) is 10.1. The predicted molar refractivity (Wildman–Crippen MR) is 196 cm³/mol. The first-order valence-electron chi connectivity index (χ1n) is 20.5. The fourth-order valence-corrected chi connectivity index (χ4v) is 7.07. The SMILES string of the molecule is CCCCCCCCCCCCCCN1C=CN(CCCCCCCCCCC)C1CCCCCCCCCCCCC. The molecule has 0 spiro atoms. The molecule has 1 atom stereocenters. The molecule has 1 aliphatic heterocycles. The minimum Gasteiger partial charge on any atom is -0.356 e. The Morgan fingerprint density at radius 1 is 0.302 bits per heavy atom. The summed E-state index contributed by atoms with van der Waals surface area (Å²) in [6.45, 7) is 9.48. The van der Waals surface area contributed by atoms with Crippen molar-refractivity contribution in [3.8, 4) is 0 Å². The summed E-state index contributed by atoms with van der Waals surface area (Å²) in [5.74, 6) is 0. The first kappa shape index (κ1) is 40.4. The van der Waals surface area contributed by atoms with Crippen LogP contribution in [-0.2, 0) is 0 Å². The van der Waals surface area contributed by atoms with E-state index in [9.17, 15) is 0 Å². The number of rotatable bonds is 35. The summed E-state index contributed by atoms with van der Waals surface area (Å²) in [4.78, 5) is 5.44. The van der Waals surface area contributed by atoms with Crippen molar-refractivity contribution in [2.75, 3.05) is 13.1 Å². The lowest BCUT2D eigenvalue weighted by atomic mass is 10.0. The Morgan fingerprint density at radius 2 is 0.535 bits per heavy atom. The standard InChI is InChI=1S/C41H82N2/c1-4-7-10-13-16-19-21-23-26-29-32-35-38-43-40-39-42(37-34-31-28-25-18-15-12-9-6-3)41(43)36-33-30-27-24-22-20-17-14-11-8-5-2/h39-41H,4-38H2,1-3H3. The van der Waals surface area contributed by atoms with Crippen LogP contribution < -0.4 is 0 Å². The molecule has 2 nitrogen and oxygen atoms in total. The third-order valence-corrected chi connectivity index (χ3v) is 10.1. The molecule has 0 aromatic heterocycles. The van der Waals surface area contributed by atoms with Crippen LogP contribution in [0.25, 0.3) is 0 Å². The highest BCUT2D eigenvalue weighted by Gasteiger charge is 2.24. The van der Waals surface area contributed by atoms with E-state index in [4.69, 9.17) is 0 Å². The molecule has 0 aromatic carbocycles. The molecule has 43 heavy (non-hydrogen) atoms. The van der Waals surface area contributed by atoms with E-state index >= 15 is 0 Å². The summed E-state index contributed by atoms with van der Waals surface area (Å²) in [6.07, 6.45) is 52.9. The fraction of sp³-hybridized carbons (Fsp3) is 0.951. The molecule has 0 N–H and O–H groups in total. The Kier molecular flexibility index (Phi) is 30.7. The third kappa shape index (κ3) is 25.2. The number of nitrogens with zero attached hydrogens (tertiary/aromatic N) is 2. The van der Waals surface area contributed by atoms with Crippen molar-refractivity contribution in [3.05, 3.63) is 12.4 Å². The Balaban J connectivity index is 2.23. The lowest BCUT2D eigenvalue weighted by Gasteiger charge is -2.33. The highest BCUT2D eigenvalue weighted by atomic mass is 15.4. The van der Waals surface area contributed by atoms with Crippen molar-refractivity contribution in [2.45, 2.75) is 239 Å². The average molecular weight is 603 g/mol. The molecule has 0 fully saturated rings. The lowest BCUT2D eigenvalue weighted by Crippen LogP contribution is -2.39. The van der Waals surface area contributed by atoms with E-state index in [0.29, 0.717) is 6.17 Å². The number of unbranched alkanes of at least 4 members (excludes halogenated alkanes) is 29. The second-order valence-corrected chi connectivity index (χ2v) is 14.3. The van der Waals surface area contributed by atoms with Crippen LogP contribution in [0.3, 0.4) is 0 Å². The second-order valence-electron chi connectivity index (χ2n) is 14.3. The molecule has 256 valence electrons. The summed E-state index contributed by atoms with van der Waals surface area (Å²) in [5.41, 5.74) is 0. The number of hydrogen-bond donors (Lipinski definition) is 0. The fourth-order valence-electron chi connectivity index (χ4n) is 7.07. The highest BCUT2D eigenvalue weighted by Crippen LogP contribution is 2.24. The van der Waals surface area contributed by atoms with Crippen LogP contribution in [0.5, 0.6) is 0 Å². The summed E-state index contributed by atoms with van der Waals surface area (Å²) in [7, 11) is 0. The van der Waals surface area contributed by atoms with E-state index in [1.807, 2.05) is 0 Å². The van der Waals surface area contributed by atoms with E-state index in [1.54, 1.807) is 0 Å². The van der Waals surface area contributed by atoms with Crippen molar-refractivity contribution in [1.82, 2.24) is 9.80 Å². The van der Waals surface area contributed by atoms with Gasteiger partial charge < -0.3 is 9.80 Å². The smallest absolute Gasteiger partial charge is 0.101 e. The Bertz CT molecular complexity index is 558. The maximum atomic E-state index is 2.72. The molecule has 2 heteroatoms.